The number of thiophene rings is 1. The van der Waals surface area contributed by atoms with Crippen molar-refractivity contribution in [2.75, 3.05) is 52.4 Å². The van der Waals surface area contributed by atoms with E-state index in [1.165, 1.54) is 31.1 Å². The van der Waals surface area contributed by atoms with Crippen LogP contribution in [0.1, 0.15) is 10.6 Å². The van der Waals surface area contributed by atoms with Gasteiger partial charge in [0.05, 0.1) is 12.8 Å². The van der Waals surface area contributed by atoms with Crippen molar-refractivity contribution in [2.24, 2.45) is 4.99 Å². The summed E-state index contributed by atoms with van der Waals surface area (Å²) in [5.41, 5.74) is 0. The Labute approximate surface area is 165 Å². The summed E-state index contributed by atoms with van der Waals surface area (Å²) >= 11 is 1.81. The number of nitrogens with zero attached hydrogens (tertiary/aromatic N) is 3. The number of rotatable bonds is 8. The molecule has 2 aromatic rings. The maximum atomic E-state index is 5.42. The minimum absolute atomic E-state index is 0.550. The lowest BCUT2D eigenvalue weighted by Crippen LogP contribution is -2.62. The van der Waals surface area contributed by atoms with Gasteiger partial charge in [-0.3, -0.25) is 14.8 Å². The van der Waals surface area contributed by atoms with Gasteiger partial charge in [0.25, 0.3) is 0 Å². The van der Waals surface area contributed by atoms with E-state index < -0.39 is 0 Å². The first-order valence-corrected chi connectivity index (χ1v) is 10.8. The second-order valence-electron chi connectivity index (χ2n) is 7.19. The molecule has 0 spiro atoms. The van der Waals surface area contributed by atoms with Crippen molar-refractivity contribution in [3.05, 3.63) is 46.5 Å². The first-order valence-electron chi connectivity index (χ1n) is 9.90. The van der Waals surface area contributed by atoms with Gasteiger partial charge < -0.3 is 15.1 Å². The molecule has 6 nitrogen and oxygen atoms in total. The minimum atomic E-state index is 0.550. The maximum Gasteiger partial charge on any atom is 0.191 e. The summed E-state index contributed by atoms with van der Waals surface area (Å²) in [6.07, 6.45) is 3.62. The van der Waals surface area contributed by atoms with Gasteiger partial charge in [0.1, 0.15) is 5.76 Å². The van der Waals surface area contributed by atoms with Crippen molar-refractivity contribution in [3.8, 4) is 0 Å². The second-order valence-corrected chi connectivity index (χ2v) is 8.22. The molecule has 0 amide bonds. The fourth-order valence-electron chi connectivity index (χ4n) is 3.79. The summed E-state index contributed by atoms with van der Waals surface area (Å²) in [4.78, 5) is 11.5. The monoisotopic (exact) mass is 387 g/mol. The molecule has 0 aromatic carbocycles. The van der Waals surface area contributed by atoms with Crippen LogP contribution in [0, 0.1) is 0 Å². The lowest BCUT2D eigenvalue weighted by molar-refractivity contribution is 0.0174. The highest BCUT2D eigenvalue weighted by Gasteiger charge is 2.31. The van der Waals surface area contributed by atoms with E-state index in [0.717, 1.165) is 50.7 Å². The smallest absolute Gasteiger partial charge is 0.191 e. The van der Waals surface area contributed by atoms with Gasteiger partial charge in [0, 0.05) is 63.2 Å². The average Bonchev–Trinajstić information content (AvgIpc) is 3.41. The molecule has 2 bridgehead atoms. The minimum Gasteiger partial charge on any atom is -0.469 e. The van der Waals surface area contributed by atoms with Crippen LogP contribution in [-0.2, 0) is 12.8 Å². The number of hydrogen-bond donors (Lipinski definition) is 2. The summed E-state index contributed by atoms with van der Waals surface area (Å²) in [6, 6.07) is 8.80. The van der Waals surface area contributed by atoms with Crippen molar-refractivity contribution >= 4 is 17.3 Å². The molecule has 1 unspecified atom stereocenters. The van der Waals surface area contributed by atoms with Crippen molar-refractivity contribution in [1.29, 1.82) is 0 Å². The lowest BCUT2D eigenvalue weighted by atomic mass is 10.1. The number of piperazine rings is 3. The molecule has 5 heterocycles. The first-order chi connectivity index (χ1) is 13.4. The Balaban J connectivity index is 1.29. The third-order valence-electron chi connectivity index (χ3n) is 5.34. The van der Waals surface area contributed by atoms with Gasteiger partial charge >= 0.3 is 0 Å². The Kier molecular flexibility index (Phi) is 6.45. The maximum absolute atomic E-state index is 5.42. The van der Waals surface area contributed by atoms with E-state index in [1.807, 2.05) is 23.5 Å². The lowest BCUT2D eigenvalue weighted by Gasteiger charge is -2.47. The van der Waals surface area contributed by atoms with Gasteiger partial charge in [-0.15, -0.1) is 11.3 Å². The molecule has 27 heavy (non-hydrogen) atoms. The Bertz CT molecular complexity index is 650. The van der Waals surface area contributed by atoms with Crippen LogP contribution in [0.2, 0.25) is 0 Å². The van der Waals surface area contributed by atoms with Crippen molar-refractivity contribution < 1.29 is 4.42 Å². The van der Waals surface area contributed by atoms with E-state index in [4.69, 9.17) is 9.41 Å². The zero-order valence-electron chi connectivity index (χ0n) is 15.8. The van der Waals surface area contributed by atoms with Gasteiger partial charge in [-0.2, -0.15) is 0 Å². The number of fused-ring (bicyclic) bond motifs is 3. The zero-order chi connectivity index (χ0) is 18.3. The fraction of sp³-hybridized carbons (Fsp3) is 0.550. The van der Waals surface area contributed by atoms with Gasteiger partial charge in [0.2, 0.25) is 0 Å². The Morgan fingerprint density at radius 1 is 1.11 bits per heavy atom. The van der Waals surface area contributed by atoms with Crippen molar-refractivity contribution in [1.82, 2.24) is 20.4 Å². The average molecular weight is 388 g/mol. The fourth-order valence-corrected chi connectivity index (χ4v) is 4.50. The molecular weight excluding hydrogens is 358 g/mol. The molecule has 2 aromatic heterocycles. The number of furan rings is 1. The van der Waals surface area contributed by atoms with Crippen LogP contribution >= 0.6 is 11.3 Å². The van der Waals surface area contributed by atoms with E-state index in [9.17, 15) is 0 Å². The highest BCUT2D eigenvalue weighted by Crippen LogP contribution is 2.15. The Morgan fingerprint density at radius 2 is 1.96 bits per heavy atom. The van der Waals surface area contributed by atoms with Crippen molar-refractivity contribution in [3.63, 3.8) is 0 Å². The highest BCUT2D eigenvalue weighted by atomic mass is 32.1. The molecule has 3 saturated heterocycles. The second kappa shape index (κ2) is 9.39. The molecule has 146 valence electrons. The molecule has 0 saturated carbocycles. The van der Waals surface area contributed by atoms with Crippen LogP contribution in [0.5, 0.6) is 0 Å². The molecule has 0 radical (unpaired) electrons. The van der Waals surface area contributed by atoms with Crippen LogP contribution < -0.4 is 10.6 Å². The van der Waals surface area contributed by atoms with Crippen LogP contribution in [-0.4, -0.2) is 74.2 Å². The highest BCUT2D eigenvalue weighted by molar-refractivity contribution is 7.09. The first kappa shape index (κ1) is 18.5. The molecule has 7 heteroatoms. The van der Waals surface area contributed by atoms with E-state index in [0.29, 0.717) is 6.04 Å². The molecule has 5 rings (SSSR count). The summed E-state index contributed by atoms with van der Waals surface area (Å²) in [5, 5.41) is 9.11. The molecule has 3 fully saturated rings. The summed E-state index contributed by atoms with van der Waals surface area (Å²) < 4.78 is 5.42. The molecular formula is C20H29N5OS. The van der Waals surface area contributed by atoms with Crippen LogP contribution in [0.25, 0.3) is 0 Å². The number of nitrogens with one attached hydrogen (secondary N) is 2. The number of aliphatic imine (C=N–C) groups is 1. The predicted molar refractivity (Wildman–Crippen MR) is 111 cm³/mol. The molecule has 2 N–H and O–H groups in total. The van der Waals surface area contributed by atoms with E-state index >= 15 is 0 Å². The molecule has 1 atom stereocenters. The third-order valence-corrected chi connectivity index (χ3v) is 6.28. The molecule has 3 aliphatic heterocycles. The zero-order valence-corrected chi connectivity index (χ0v) is 16.6. The van der Waals surface area contributed by atoms with E-state index in [-0.39, 0.29) is 0 Å². The third kappa shape index (κ3) is 5.34. The molecule has 0 aliphatic carbocycles. The standard InChI is InChI=1S/C20H29N5OS/c1-3-18(26-13-1)5-7-21-20(22-8-6-19-4-2-14-27-19)23-15-17-16-24-9-11-25(17)12-10-24/h1-4,13-14,17H,5-12,15-16H2,(H2,21,22,23). The summed E-state index contributed by atoms with van der Waals surface area (Å²) in [5.74, 6) is 1.92. The predicted octanol–water partition coefficient (Wildman–Crippen LogP) is 1.66. The Hall–Kier alpha value is -1.83. The summed E-state index contributed by atoms with van der Waals surface area (Å²) in [7, 11) is 0. The Morgan fingerprint density at radius 3 is 2.63 bits per heavy atom. The number of guanidine groups is 1. The van der Waals surface area contributed by atoms with Crippen LogP contribution in [0.15, 0.2) is 45.3 Å². The van der Waals surface area contributed by atoms with Gasteiger partial charge in [-0.1, -0.05) is 6.07 Å². The van der Waals surface area contributed by atoms with E-state index in [1.54, 1.807) is 6.26 Å². The normalized spacial score (nSPS) is 24.9. The van der Waals surface area contributed by atoms with E-state index in [2.05, 4.69) is 37.9 Å². The summed E-state index contributed by atoms with van der Waals surface area (Å²) in [6.45, 7) is 8.53. The quantitative estimate of drug-likeness (QED) is 0.533. The number of hydrogen-bond acceptors (Lipinski definition) is 5. The SMILES string of the molecule is c1coc(CCNC(=NCC2CN3CCN2CC3)NCCc2cccs2)c1. The van der Waals surface area contributed by atoms with Crippen molar-refractivity contribution in [2.45, 2.75) is 18.9 Å². The molecule has 3 aliphatic rings. The van der Waals surface area contributed by atoms with Gasteiger partial charge in [-0.25, -0.2) is 0 Å². The van der Waals surface area contributed by atoms with Gasteiger partial charge in [-0.05, 0) is 30.0 Å². The van der Waals surface area contributed by atoms with Crippen LogP contribution in [0.4, 0.5) is 0 Å². The largest absolute Gasteiger partial charge is 0.469 e. The van der Waals surface area contributed by atoms with Crippen LogP contribution in [0.3, 0.4) is 0 Å². The van der Waals surface area contributed by atoms with Gasteiger partial charge in [0.15, 0.2) is 5.96 Å². The topological polar surface area (TPSA) is 56.0 Å².